The van der Waals surface area contributed by atoms with Crippen molar-refractivity contribution in [1.82, 2.24) is 10.2 Å². The first-order valence-corrected chi connectivity index (χ1v) is 29.5. The largest absolute Gasteiger partial charge is 0.778 e. The van der Waals surface area contributed by atoms with Crippen LogP contribution in [0.15, 0.2) is 77.4 Å². The zero-order valence-corrected chi connectivity index (χ0v) is 49.9. The highest BCUT2D eigenvalue weighted by Gasteiger charge is 2.45. The van der Waals surface area contributed by atoms with Crippen LogP contribution in [0.2, 0.25) is 5.02 Å². The summed E-state index contributed by atoms with van der Waals surface area (Å²) in [6.45, 7) is 10.9. The number of nitrogens with zero attached hydrogens (tertiary/aromatic N) is 3. The summed E-state index contributed by atoms with van der Waals surface area (Å²) in [5.41, 5.74) is 0.310. The van der Waals surface area contributed by atoms with E-state index in [0.29, 0.717) is 35.9 Å². The molecule has 30 heteroatoms. The Kier molecular flexibility index (Phi) is 31.8. The molecule has 446 valence electrons. The lowest BCUT2D eigenvalue weighted by Gasteiger charge is -2.31. The molecular formula is C50H64Cl4F3N4O17PS. The number of anilines is 1. The number of rotatable bonds is 19. The van der Waals surface area contributed by atoms with Gasteiger partial charge in [0.15, 0.2) is 11.4 Å². The number of nitro groups is 1. The fourth-order valence-corrected chi connectivity index (χ4v) is 7.73. The number of ether oxygens (including phenoxy) is 5. The first-order valence-electron chi connectivity index (χ1n) is 23.5. The summed E-state index contributed by atoms with van der Waals surface area (Å²) in [5, 5.41) is 20.8. The Hall–Kier alpha value is -5.18. The van der Waals surface area contributed by atoms with Gasteiger partial charge in [-0.25, -0.2) is 9.59 Å². The summed E-state index contributed by atoms with van der Waals surface area (Å²) >= 11 is 22.8. The van der Waals surface area contributed by atoms with Gasteiger partial charge in [-0.3, -0.25) is 29.8 Å². The number of carboxylic acid groups (broad SMARTS) is 1. The molecule has 2 amide bonds. The van der Waals surface area contributed by atoms with Crippen LogP contribution in [0.1, 0.15) is 73.5 Å². The number of furan rings is 1. The number of aliphatic carboxylic acids is 1. The van der Waals surface area contributed by atoms with Crippen LogP contribution in [0.5, 0.6) is 11.5 Å². The predicted molar refractivity (Wildman–Crippen MR) is 296 cm³/mol. The molecule has 3 aromatic carbocycles. The van der Waals surface area contributed by atoms with Gasteiger partial charge in [-0.05, 0) is 99.5 Å². The number of carbonyl (C=O) groups is 5. The molecule has 0 radical (unpaired) electrons. The van der Waals surface area contributed by atoms with Crippen molar-refractivity contribution in [3.05, 3.63) is 116 Å². The third-order valence-corrected chi connectivity index (χ3v) is 11.5. The summed E-state index contributed by atoms with van der Waals surface area (Å²) in [6.07, 6.45) is 3.44. The number of esters is 2. The summed E-state index contributed by atoms with van der Waals surface area (Å²) in [7, 11) is -2.07. The van der Waals surface area contributed by atoms with Crippen molar-refractivity contribution in [1.29, 1.82) is 0 Å². The van der Waals surface area contributed by atoms with Gasteiger partial charge in [0.1, 0.15) is 48.1 Å². The number of carboxylic acids is 1. The van der Waals surface area contributed by atoms with Gasteiger partial charge in [-0.2, -0.15) is 13.2 Å². The smallest absolute Gasteiger partial charge is 0.416 e. The lowest BCUT2D eigenvalue weighted by Crippen LogP contribution is -2.45. The molecule has 3 unspecified atom stereocenters. The minimum absolute atomic E-state index is 0.0223. The van der Waals surface area contributed by atoms with E-state index in [-0.39, 0.29) is 53.0 Å². The van der Waals surface area contributed by atoms with E-state index in [1.807, 2.05) is 37.4 Å². The van der Waals surface area contributed by atoms with Gasteiger partial charge < -0.3 is 57.4 Å². The molecule has 2 heterocycles. The monoisotopic (exact) mass is 1250 g/mol. The molecule has 0 saturated carbocycles. The average molecular weight is 1250 g/mol. The lowest BCUT2D eigenvalue weighted by atomic mass is 10.0. The second-order valence-corrected chi connectivity index (χ2v) is 23.2. The Bertz CT molecular complexity index is 2700. The molecule has 1 aliphatic rings. The van der Waals surface area contributed by atoms with E-state index in [0.717, 1.165) is 53.6 Å². The van der Waals surface area contributed by atoms with E-state index in [1.165, 1.54) is 11.8 Å². The lowest BCUT2D eigenvalue weighted by molar-refractivity contribution is -0.385. The number of hydrogen-bond donors (Lipinski definition) is 3. The highest BCUT2D eigenvalue weighted by atomic mass is 35.5. The molecule has 5 rings (SSSR count). The van der Waals surface area contributed by atoms with Crippen molar-refractivity contribution in [2.75, 3.05) is 75.9 Å². The molecule has 4 aromatic rings. The van der Waals surface area contributed by atoms with Crippen molar-refractivity contribution in [2.24, 2.45) is 0 Å². The van der Waals surface area contributed by atoms with E-state index in [9.17, 15) is 56.7 Å². The highest BCUT2D eigenvalue weighted by Crippen LogP contribution is 2.39. The number of halogens is 7. The summed E-state index contributed by atoms with van der Waals surface area (Å²) in [4.78, 5) is 87.8. The van der Waals surface area contributed by atoms with Gasteiger partial charge in [0.05, 0.1) is 84.9 Å². The Balaban J connectivity index is 0.000000554. The summed E-state index contributed by atoms with van der Waals surface area (Å²) in [5.74, 6) is -3.30. The molecule has 1 aliphatic heterocycles. The van der Waals surface area contributed by atoms with Gasteiger partial charge in [-0.1, -0.05) is 59.9 Å². The molecule has 0 bridgehead atoms. The molecule has 0 spiro atoms. The van der Waals surface area contributed by atoms with Crippen molar-refractivity contribution in [3.8, 4) is 11.5 Å². The number of alkyl halides is 6. The number of carbonyl (C=O) groups excluding carboxylic acids is 4. The summed E-state index contributed by atoms with van der Waals surface area (Å²) in [6, 6.07) is 15.0. The van der Waals surface area contributed by atoms with E-state index in [1.54, 1.807) is 38.2 Å². The number of nitrogens with one attached hydrogen (secondary N) is 1. The van der Waals surface area contributed by atoms with Crippen LogP contribution >= 0.6 is 54.0 Å². The van der Waals surface area contributed by atoms with Crippen molar-refractivity contribution in [2.45, 2.75) is 76.8 Å². The Morgan fingerprint density at radius 2 is 1.68 bits per heavy atom. The first kappa shape index (κ1) is 72.8. The van der Waals surface area contributed by atoms with Crippen molar-refractivity contribution < 1.29 is 89.6 Å². The van der Waals surface area contributed by atoms with Crippen LogP contribution < -0.4 is 19.8 Å². The van der Waals surface area contributed by atoms with Crippen LogP contribution in [0, 0.1) is 17.0 Å². The Labute approximate surface area is 483 Å². The maximum atomic E-state index is 12.7. The molecule has 21 nitrogen and oxygen atoms in total. The van der Waals surface area contributed by atoms with Gasteiger partial charge in [-0.15, -0.1) is 11.6 Å². The number of hydrogen-bond acceptors (Lipinski definition) is 16. The standard InChI is InChI=1S/C18H13ClF3NO7.C15H22ClNO2.C11H13Cl2NO3.C3H8NO5P.C3H9S/c1-2-28-16(24)9-29-17(25)12-8-11(4-5-14(12)23(26)27)30-15-6-3-10(7-13(15)19)18(20,21)22;1-5-13-8-6-7-11(2)15(13)17(14(18)9-16)12(3)10-19-4;1-11(2)14(10(15)9(12)13)6-8(17-11)7-4-3-5-16-7;5-3(6)1-4-2-10(7,8)9;1-4(2)3/h3-8H,2,9H2,1H3;6-8,12H,5,9-10H2,1-4H3;3-5,8-9H,6H2,1-2H3;4H,1-2H2,(H,5,6)(H2,7,8,9);1-3H3/q;;;;+1/p-1. The number of para-hydroxylation sites is 1. The van der Waals surface area contributed by atoms with Crippen LogP contribution in [0.4, 0.5) is 24.5 Å². The number of amides is 2. The maximum Gasteiger partial charge on any atom is 0.416 e. The molecule has 80 heavy (non-hydrogen) atoms. The highest BCUT2D eigenvalue weighted by molar-refractivity contribution is 7.94. The van der Waals surface area contributed by atoms with Crippen LogP contribution in [0.3, 0.4) is 0 Å². The molecule has 3 N–H and O–H groups in total. The predicted octanol–water partition coefficient (Wildman–Crippen LogP) is 9.32. The fraction of sp³-hybridized carbons (Fsp3) is 0.460. The SMILES string of the molecule is CC1(C)OC(c2ccco2)CN1C(=O)C(Cl)Cl.CCOC(=O)COC(=O)c1cc(Oc2ccc(C(F)(F)F)cc2Cl)ccc1[N+](=O)[O-].CCc1cccc(C)c1N(C(=O)CCl)C(C)COC.C[S+](C)C.O=C(O)CNCP(=O)([O-])O. The zero-order chi connectivity index (χ0) is 61.3. The minimum Gasteiger partial charge on any atom is -0.778 e. The van der Waals surface area contributed by atoms with Gasteiger partial charge in [0, 0.05) is 19.2 Å². The van der Waals surface area contributed by atoms with E-state index in [4.69, 9.17) is 79.8 Å². The van der Waals surface area contributed by atoms with E-state index in [2.05, 4.69) is 36.5 Å². The van der Waals surface area contributed by atoms with E-state index < -0.39 is 83.4 Å². The summed E-state index contributed by atoms with van der Waals surface area (Å²) < 4.78 is 78.9. The molecular weight excluding hydrogens is 1190 g/mol. The Morgan fingerprint density at radius 3 is 2.16 bits per heavy atom. The Morgan fingerprint density at radius 1 is 1.04 bits per heavy atom. The second kappa shape index (κ2) is 35.0. The van der Waals surface area contributed by atoms with Gasteiger partial charge in [0.2, 0.25) is 5.91 Å². The quantitative estimate of drug-likeness (QED) is 0.0197. The van der Waals surface area contributed by atoms with Gasteiger partial charge >= 0.3 is 24.1 Å². The van der Waals surface area contributed by atoms with Crippen molar-refractivity contribution >= 4 is 106 Å². The molecule has 3 atom stereocenters. The number of nitro benzene ring substituents is 1. The number of aryl methyl sites for hydroxylation is 2. The van der Waals surface area contributed by atoms with Crippen molar-refractivity contribution in [3.63, 3.8) is 0 Å². The van der Waals surface area contributed by atoms with Crippen LogP contribution in [-0.2, 0) is 66.2 Å². The van der Waals surface area contributed by atoms with Crippen LogP contribution in [0.25, 0.3) is 0 Å². The van der Waals surface area contributed by atoms with Crippen LogP contribution in [-0.4, -0.2) is 137 Å². The average Bonchev–Trinajstić information content (AvgIpc) is 4.01. The maximum absolute atomic E-state index is 12.7. The third kappa shape index (κ3) is 25.7. The minimum atomic E-state index is -4.61. The second-order valence-electron chi connectivity index (χ2n) is 17.4. The zero-order valence-electron chi connectivity index (χ0n) is 45.2. The van der Waals surface area contributed by atoms with Gasteiger partial charge in [0.25, 0.3) is 11.6 Å². The topological polar surface area (TPSA) is 287 Å². The molecule has 1 fully saturated rings. The number of benzene rings is 3. The first-order chi connectivity index (χ1) is 37.1. The number of methoxy groups -OCH3 is 1. The molecule has 0 aliphatic carbocycles. The molecule has 1 saturated heterocycles. The molecule has 1 aromatic heterocycles. The fourth-order valence-electron chi connectivity index (χ4n) is 6.75. The normalized spacial score (nSPS) is 14.5. The third-order valence-electron chi connectivity index (χ3n) is 10.0. The van der Waals surface area contributed by atoms with E-state index >= 15 is 0 Å².